The summed E-state index contributed by atoms with van der Waals surface area (Å²) in [7, 11) is 0. The molecule has 0 aliphatic rings. The lowest BCUT2D eigenvalue weighted by molar-refractivity contribution is -0.384. The van der Waals surface area contributed by atoms with Crippen LogP contribution in [0.1, 0.15) is 5.56 Å². The Balaban J connectivity index is 2.36. The highest BCUT2D eigenvalue weighted by Gasteiger charge is 2.16. The average Bonchev–Trinajstić information content (AvgIpc) is 2.42. The average molecular weight is 333 g/mol. The Morgan fingerprint density at radius 1 is 1.15 bits per heavy atom. The van der Waals surface area contributed by atoms with Crippen LogP contribution in [0.25, 0.3) is 0 Å². The van der Waals surface area contributed by atoms with Crippen LogP contribution in [-0.4, -0.2) is 4.92 Å². The molecule has 7 heteroatoms. The lowest BCUT2D eigenvalue weighted by Crippen LogP contribution is -1.92. The van der Waals surface area contributed by atoms with Gasteiger partial charge < -0.3 is 4.74 Å². The zero-order chi connectivity index (χ0) is 14.7. The monoisotopic (exact) mass is 331 g/mol. The standard InChI is InChI=1S/C13H8Cl3NO3/c14-7-8-2-1-3-10(4-8)20-13-11(15)5-9(17(18)19)6-12(13)16/h1-6H,7H2. The first-order valence-corrected chi connectivity index (χ1v) is 6.76. The van der Waals surface area contributed by atoms with Gasteiger partial charge >= 0.3 is 0 Å². The Morgan fingerprint density at radius 2 is 1.80 bits per heavy atom. The van der Waals surface area contributed by atoms with Crippen molar-refractivity contribution in [2.75, 3.05) is 0 Å². The summed E-state index contributed by atoms with van der Waals surface area (Å²) in [5.41, 5.74) is 0.681. The summed E-state index contributed by atoms with van der Waals surface area (Å²) in [6.45, 7) is 0. The third-order valence-corrected chi connectivity index (χ3v) is 3.34. The van der Waals surface area contributed by atoms with Crippen LogP contribution in [0.15, 0.2) is 36.4 Å². The van der Waals surface area contributed by atoms with Gasteiger partial charge in [-0.05, 0) is 17.7 Å². The topological polar surface area (TPSA) is 52.4 Å². The summed E-state index contributed by atoms with van der Waals surface area (Å²) in [5.74, 6) is 1.02. The molecule has 0 aliphatic heterocycles. The van der Waals surface area contributed by atoms with E-state index in [1.165, 1.54) is 12.1 Å². The van der Waals surface area contributed by atoms with Gasteiger partial charge in [-0.25, -0.2) is 0 Å². The minimum absolute atomic E-state index is 0.0699. The fraction of sp³-hybridized carbons (Fsp3) is 0.0769. The van der Waals surface area contributed by atoms with Crippen LogP contribution < -0.4 is 4.74 Å². The number of halogens is 3. The number of hydrogen-bond donors (Lipinski definition) is 0. The van der Waals surface area contributed by atoms with E-state index in [0.29, 0.717) is 11.6 Å². The summed E-state index contributed by atoms with van der Waals surface area (Å²) < 4.78 is 5.57. The van der Waals surface area contributed by atoms with Gasteiger partial charge in [0, 0.05) is 18.0 Å². The van der Waals surface area contributed by atoms with Gasteiger partial charge in [-0.2, -0.15) is 0 Å². The number of nitro benzene ring substituents is 1. The van der Waals surface area contributed by atoms with Gasteiger partial charge in [-0.3, -0.25) is 10.1 Å². The number of benzene rings is 2. The van der Waals surface area contributed by atoms with Gasteiger partial charge in [0.2, 0.25) is 0 Å². The van der Waals surface area contributed by atoms with E-state index in [4.69, 9.17) is 39.5 Å². The quantitative estimate of drug-likeness (QED) is 0.426. The highest BCUT2D eigenvalue weighted by molar-refractivity contribution is 6.37. The predicted molar refractivity (Wildman–Crippen MR) is 79.2 cm³/mol. The predicted octanol–water partition coefficient (Wildman–Crippen LogP) is 5.43. The first-order chi connectivity index (χ1) is 9.51. The second kappa shape index (κ2) is 6.31. The maximum atomic E-state index is 10.7. The van der Waals surface area contributed by atoms with E-state index < -0.39 is 4.92 Å². The molecule has 0 spiro atoms. The van der Waals surface area contributed by atoms with E-state index >= 15 is 0 Å². The van der Waals surface area contributed by atoms with Crippen molar-refractivity contribution >= 4 is 40.5 Å². The molecule has 0 heterocycles. The lowest BCUT2D eigenvalue weighted by atomic mass is 10.2. The van der Waals surface area contributed by atoms with Crippen molar-refractivity contribution < 1.29 is 9.66 Å². The molecule has 0 radical (unpaired) electrons. The van der Waals surface area contributed by atoms with Gasteiger partial charge in [0.15, 0.2) is 5.75 Å². The van der Waals surface area contributed by atoms with Crippen LogP contribution in [0.4, 0.5) is 5.69 Å². The van der Waals surface area contributed by atoms with E-state index in [1.807, 2.05) is 6.07 Å². The van der Waals surface area contributed by atoms with Crippen molar-refractivity contribution in [1.29, 1.82) is 0 Å². The molecule has 0 atom stereocenters. The Kier molecular flexibility index (Phi) is 4.70. The molecule has 0 aliphatic carbocycles. The fourth-order valence-electron chi connectivity index (χ4n) is 1.56. The minimum Gasteiger partial charge on any atom is -0.454 e. The molecule has 0 bridgehead atoms. The van der Waals surface area contributed by atoms with E-state index in [2.05, 4.69) is 0 Å². The van der Waals surface area contributed by atoms with E-state index in [0.717, 1.165) is 5.56 Å². The second-order valence-corrected chi connectivity index (χ2v) is 4.96. The molecule has 0 fully saturated rings. The fourth-order valence-corrected chi connectivity index (χ4v) is 2.28. The highest BCUT2D eigenvalue weighted by atomic mass is 35.5. The Bertz CT molecular complexity index is 638. The van der Waals surface area contributed by atoms with Gasteiger partial charge in [0.25, 0.3) is 5.69 Å². The SMILES string of the molecule is O=[N+]([O-])c1cc(Cl)c(Oc2cccc(CCl)c2)c(Cl)c1. The maximum absolute atomic E-state index is 10.7. The Morgan fingerprint density at radius 3 is 2.35 bits per heavy atom. The number of non-ortho nitro benzene ring substituents is 1. The van der Waals surface area contributed by atoms with Crippen LogP contribution in [0.3, 0.4) is 0 Å². The third-order valence-electron chi connectivity index (χ3n) is 2.47. The maximum Gasteiger partial charge on any atom is 0.272 e. The first kappa shape index (κ1) is 14.9. The zero-order valence-electron chi connectivity index (χ0n) is 9.98. The van der Waals surface area contributed by atoms with Gasteiger partial charge in [0.1, 0.15) is 5.75 Å². The minimum atomic E-state index is -0.574. The van der Waals surface area contributed by atoms with E-state index in [9.17, 15) is 10.1 Å². The van der Waals surface area contributed by atoms with Crippen molar-refractivity contribution in [3.05, 3.63) is 62.1 Å². The molecule has 0 N–H and O–H groups in total. The van der Waals surface area contributed by atoms with Crippen molar-refractivity contribution in [2.24, 2.45) is 0 Å². The Labute approximate surface area is 130 Å². The molecule has 2 aromatic carbocycles. The van der Waals surface area contributed by atoms with Gasteiger partial charge in [-0.15, -0.1) is 11.6 Å². The zero-order valence-corrected chi connectivity index (χ0v) is 12.2. The van der Waals surface area contributed by atoms with Crippen molar-refractivity contribution in [1.82, 2.24) is 0 Å². The summed E-state index contributed by atoms with van der Waals surface area (Å²) in [6.07, 6.45) is 0. The smallest absolute Gasteiger partial charge is 0.272 e. The molecule has 2 rings (SSSR count). The molecular formula is C13H8Cl3NO3. The normalized spacial score (nSPS) is 10.3. The third kappa shape index (κ3) is 3.33. The van der Waals surface area contributed by atoms with Crippen LogP contribution >= 0.6 is 34.8 Å². The summed E-state index contributed by atoms with van der Waals surface area (Å²) in [6, 6.07) is 9.45. The van der Waals surface area contributed by atoms with Crippen LogP contribution in [0.2, 0.25) is 10.0 Å². The molecule has 0 amide bonds. The summed E-state index contributed by atoms with van der Waals surface area (Å²) >= 11 is 17.7. The number of ether oxygens (including phenoxy) is 1. The lowest BCUT2D eigenvalue weighted by Gasteiger charge is -2.10. The molecule has 0 saturated heterocycles. The van der Waals surface area contributed by atoms with E-state index in [-0.39, 0.29) is 21.5 Å². The van der Waals surface area contributed by atoms with Crippen LogP contribution in [0.5, 0.6) is 11.5 Å². The molecule has 4 nitrogen and oxygen atoms in total. The van der Waals surface area contributed by atoms with Crippen molar-refractivity contribution in [3.8, 4) is 11.5 Å². The number of alkyl halides is 1. The van der Waals surface area contributed by atoms with Crippen LogP contribution in [-0.2, 0) is 5.88 Å². The van der Waals surface area contributed by atoms with Gasteiger partial charge in [-0.1, -0.05) is 35.3 Å². The van der Waals surface area contributed by atoms with Gasteiger partial charge in [0.05, 0.1) is 15.0 Å². The number of nitro groups is 1. The molecule has 0 aromatic heterocycles. The molecule has 0 saturated carbocycles. The molecule has 20 heavy (non-hydrogen) atoms. The Hall–Kier alpha value is -1.49. The van der Waals surface area contributed by atoms with Crippen molar-refractivity contribution in [2.45, 2.75) is 5.88 Å². The van der Waals surface area contributed by atoms with Crippen LogP contribution in [0, 0.1) is 10.1 Å². The first-order valence-electron chi connectivity index (χ1n) is 5.47. The van der Waals surface area contributed by atoms with E-state index in [1.54, 1.807) is 18.2 Å². The van der Waals surface area contributed by atoms with Crippen molar-refractivity contribution in [3.63, 3.8) is 0 Å². The highest BCUT2D eigenvalue weighted by Crippen LogP contribution is 2.39. The molecular weight excluding hydrogens is 325 g/mol. The molecule has 104 valence electrons. The number of rotatable bonds is 4. The largest absolute Gasteiger partial charge is 0.454 e. The molecule has 2 aromatic rings. The number of hydrogen-bond acceptors (Lipinski definition) is 3. The number of nitrogens with zero attached hydrogens (tertiary/aromatic N) is 1. The summed E-state index contributed by atoms with van der Waals surface area (Å²) in [5, 5.41) is 10.8. The summed E-state index contributed by atoms with van der Waals surface area (Å²) in [4.78, 5) is 10.1. The second-order valence-electron chi connectivity index (χ2n) is 3.88. The molecule has 0 unspecified atom stereocenters.